The van der Waals surface area contributed by atoms with Gasteiger partial charge in [-0.1, -0.05) is 25.1 Å². The normalized spacial score (nSPS) is 12.7. The predicted octanol–water partition coefficient (Wildman–Crippen LogP) is 2.30. The minimum absolute atomic E-state index is 0.00590. The summed E-state index contributed by atoms with van der Waals surface area (Å²) in [7, 11) is 1.90. The summed E-state index contributed by atoms with van der Waals surface area (Å²) in [4.78, 5) is 13.8. The highest BCUT2D eigenvalue weighted by atomic mass is 16.3. The molecule has 0 aromatic heterocycles. The third-order valence-electron chi connectivity index (χ3n) is 3.06. The van der Waals surface area contributed by atoms with E-state index in [0.717, 1.165) is 12.0 Å². The fourth-order valence-corrected chi connectivity index (χ4v) is 2.24. The maximum atomic E-state index is 11.8. The van der Waals surface area contributed by atoms with Gasteiger partial charge in [0.05, 0.1) is 6.54 Å². The summed E-state index contributed by atoms with van der Waals surface area (Å²) in [6, 6.07) is 7.47. The third-order valence-corrected chi connectivity index (χ3v) is 3.06. The fourth-order valence-electron chi connectivity index (χ4n) is 2.24. The van der Waals surface area contributed by atoms with Gasteiger partial charge in [0, 0.05) is 17.6 Å². The van der Waals surface area contributed by atoms with Gasteiger partial charge in [0.2, 0.25) is 5.91 Å². The highest BCUT2D eigenvalue weighted by Gasteiger charge is 2.20. The number of para-hydroxylation sites is 1. The second-order valence-electron chi connectivity index (χ2n) is 5.12. The minimum Gasteiger partial charge on any atom is -0.508 e. The lowest BCUT2D eigenvalue weighted by molar-refractivity contribution is -0.123. The van der Waals surface area contributed by atoms with Crippen LogP contribution in [-0.4, -0.2) is 35.5 Å². The molecule has 106 valence electrons. The van der Waals surface area contributed by atoms with Crippen LogP contribution in [-0.2, 0) is 4.79 Å². The average molecular weight is 264 g/mol. The van der Waals surface area contributed by atoms with E-state index in [4.69, 9.17) is 0 Å². The zero-order chi connectivity index (χ0) is 14.4. The maximum absolute atomic E-state index is 11.8. The van der Waals surface area contributed by atoms with Crippen molar-refractivity contribution >= 4 is 5.91 Å². The van der Waals surface area contributed by atoms with Crippen LogP contribution in [0.2, 0.25) is 0 Å². The van der Waals surface area contributed by atoms with Crippen molar-refractivity contribution in [3.05, 3.63) is 29.8 Å². The van der Waals surface area contributed by atoms with Gasteiger partial charge in [-0.3, -0.25) is 9.69 Å². The number of likely N-dealkylation sites (N-methyl/N-ethyl adjacent to an activating group) is 1. The van der Waals surface area contributed by atoms with E-state index >= 15 is 0 Å². The molecule has 0 saturated heterocycles. The van der Waals surface area contributed by atoms with Crippen molar-refractivity contribution in [2.45, 2.75) is 39.3 Å². The van der Waals surface area contributed by atoms with E-state index in [1.807, 2.05) is 44.9 Å². The Morgan fingerprint density at radius 3 is 2.53 bits per heavy atom. The number of benzene rings is 1. The van der Waals surface area contributed by atoms with Gasteiger partial charge in [0.15, 0.2) is 0 Å². The SMILES string of the molecule is CCC(c1ccccc1O)N(C)CC(=O)NC(C)C. The molecule has 1 aromatic rings. The summed E-state index contributed by atoms with van der Waals surface area (Å²) in [5, 5.41) is 12.8. The Labute approximate surface area is 115 Å². The van der Waals surface area contributed by atoms with Gasteiger partial charge in [-0.05, 0) is 33.4 Å². The second kappa shape index (κ2) is 7.14. The number of hydrogen-bond acceptors (Lipinski definition) is 3. The van der Waals surface area contributed by atoms with Gasteiger partial charge in [0.25, 0.3) is 0 Å². The van der Waals surface area contributed by atoms with Crippen molar-refractivity contribution in [2.24, 2.45) is 0 Å². The van der Waals surface area contributed by atoms with Gasteiger partial charge >= 0.3 is 0 Å². The van der Waals surface area contributed by atoms with Gasteiger partial charge in [-0.2, -0.15) is 0 Å². The number of carbonyl (C=O) groups excluding carboxylic acids is 1. The molecule has 2 N–H and O–H groups in total. The number of rotatable bonds is 6. The summed E-state index contributed by atoms with van der Waals surface area (Å²) >= 11 is 0. The summed E-state index contributed by atoms with van der Waals surface area (Å²) < 4.78 is 0. The monoisotopic (exact) mass is 264 g/mol. The lowest BCUT2D eigenvalue weighted by Crippen LogP contribution is -2.39. The minimum atomic E-state index is 0.00590. The molecule has 0 radical (unpaired) electrons. The van der Waals surface area contributed by atoms with E-state index < -0.39 is 0 Å². The number of phenols is 1. The summed E-state index contributed by atoms with van der Waals surface area (Å²) in [6.07, 6.45) is 0.836. The maximum Gasteiger partial charge on any atom is 0.234 e. The van der Waals surface area contributed by atoms with Gasteiger partial charge in [-0.15, -0.1) is 0 Å². The van der Waals surface area contributed by atoms with E-state index in [0.29, 0.717) is 6.54 Å². The summed E-state index contributed by atoms with van der Waals surface area (Å²) in [5.41, 5.74) is 0.866. The molecule has 0 bridgehead atoms. The average Bonchev–Trinajstić information content (AvgIpc) is 2.31. The van der Waals surface area contributed by atoms with E-state index in [2.05, 4.69) is 5.32 Å². The Morgan fingerprint density at radius 1 is 1.37 bits per heavy atom. The summed E-state index contributed by atoms with van der Waals surface area (Å²) in [6.45, 7) is 6.26. The molecule has 1 rings (SSSR count). The van der Waals surface area contributed by atoms with Gasteiger partial charge in [0.1, 0.15) is 5.75 Å². The van der Waals surface area contributed by atoms with Crippen LogP contribution < -0.4 is 5.32 Å². The fraction of sp³-hybridized carbons (Fsp3) is 0.533. The zero-order valence-corrected chi connectivity index (χ0v) is 12.2. The van der Waals surface area contributed by atoms with Crippen LogP contribution in [0.25, 0.3) is 0 Å². The molecule has 1 atom stereocenters. The van der Waals surface area contributed by atoms with E-state index in [9.17, 15) is 9.90 Å². The molecule has 0 spiro atoms. The molecular weight excluding hydrogens is 240 g/mol. The Kier molecular flexibility index (Phi) is 5.83. The van der Waals surface area contributed by atoms with E-state index in [-0.39, 0.29) is 23.7 Å². The van der Waals surface area contributed by atoms with E-state index in [1.165, 1.54) is 0 Å². The van der Waals surface area contributed by atoms with Crippen molar-refractivity contribution in [1.82, 2.24) is 10.2 Å². The smallest absolute Gasteiger partial charge is 0.234 e. The molecule has 1 aromatic carbocycles. The van der Waals surface area contributed by atoms with Crippen molar-refractivity contribution in [3.63, 3.8) is 0 Å². The first-order valence-electron chi connectivity index (χ1n) is 6.73. The molecule has 4 nitrogen and oxygen atoms in total. The second-order valence-corrected chi connectivity index (χ2v) is 5.12. The molecule has 0 fully saturated rings. The van der Waals surface area contributed by atoms with Crippen LogP contribution in [0.1, 0.15) is 38.8 Å². The molecule has 0 saturated carbocycles. The van der Waals surface area contributed by atoms with Crippen molar-refractivity contribution in [3.8, 4) is 5.75 Å². The van der Waals surface area contributed by atoms with Crippen LogP contribution in [0.4, 0.5) is 0 Å². The number of carbonyl (C=O) groups is 1. The van der Waals surface area contributed by atoms with Crippen LogP contribution in [0.15, 0.2) is 24.3 Å². The molecule has 1 unspecified atom stereocenters. The quantitative estimate of drug-likeness (QED) is 0.829. The number of nitrogens with zero attached hydrogens (tertiary/aromatic N) is 1. The first-order chi connectivity index (χ1) is 8.95. The molecular formula is C15H24N2O2. The molecule has 0 aliphatic rings. The lowest BCUT2D eigenvalue weighted by Gasteiger charge is -2.27. The number of hydrogen-bond donors (Lipinski definition) is 2. The summed E-state index contributed by atoms with van der Waals surface area (Å²) in [5.74, 6) is 0.289. The van der Waals surface area contributed by atoms with Gasteiger partial charge < -0.3 is 10.4 Å². The van der Waals surface area contributed by atoms with Crippen molar-refractivity contribution < 1.29 is 9.90 Å². The molecule has 19 heavy (non-hydrogen) atoms. The highest BCUT2D eigenvalue weighted by Crippen LogP contribution is 2.29. The standard InChI is InChI=1S/C15H24N2O2/c1-5-13(12-8-6-7-9-14(12)18)17(4)10-15(19)16-11(2)3/h6-9,11,13,18H,5,10H2,1-4H3,(H,16,19). The number of phenolic OH excluding ortho intramolecular Hbond substituents is 1. The zero-order valence-electron chi connectivity index (χ0n) is 12.2. The van der Waals surface area contributed by atoms with Crippen LogP contribution in [0, 0.1) is 0 Å². The molecule has 0 heterocycles. The predicted molar refractivity (Wildman–Crippen MR) is 77.0 cm³/mol. The van der Waals surface area contributed by atoms with Gasteiger partial charge in [-0.25, -0.2) is 0 Å². The Bertz CT molecular complexity index is 418. The Hall–Kier alpha value is -1.55. The highest BCUT2D eigenvalue weighted by molar-refractivity contribution is 5.78. The first-order valence-corrected chi connectivity index (χ1v) is 6.73. The third kappa shape index (κ3) is 4.56. The molecule has 1 amide bonds. The number of aromatic hydroxyl groups is 1. The Morgan fingerprint density at radius 2 is 2.00 bits per heavy atom. The topological polar surface area (TPSA) is 52.6 Å². The Balaban J connectivity index is 2.75. The van der Waals surface area contributed by atoms with E-state index in [1.54, 1.807) is 12.1 Å². The number of nitrogens with one attached hydrogen (secondary N) is 1. The first kappa shape index (κ1) is 15.5. The molecule has 0 aliphatic carbocycles. The largest absolute Gasteiger partial charge is 0.508 e. The molecule has 0 aliphatic heterocycles. The lowest BCUT2D eigenvalue weighted by atomic mass is 10.0. The van der Waals surface area contributed by atoms with Crippen LogP contribution in [0.5, 0.6) is 5.75 Å². The van der Waals surface area contributed by atoms with Crippen LogP contribution >= 0.6 is 0 Å². The van der Waals surface area contributed by atoms with Crippen molar-refractivity contribution in [2.75, 3.05) is 13.6 Å². The van der Waals surface area contributed by atoms with Crippen molar-refractivity contribution in [1.29, 1.82) is 0 Å². The molecule has 4 heteroatoms. The van der Waals surface area contributed by atoms with Crippen LogP contribution in [0.3, 0.4) is 0 Å². The number of amides is 1.